The van der Waals surface area contributed by atoms with Crippen molar-refractivity contribution in [2.45, 2.75) is 32.7 Å². The monoisotopic (exact) mass is 276 g/mol. The molecule has 0 spiro atoms. The standard InChI is InChI=1S/C15H24N4O/c1-11(16)14-4-3-7-17-15(14)19-8-5-13(6-9-19)10-18-12(2)20/h3-4,7,11,13H,5-6,8-10,16H2,1-2H3,(H,18,20). The number of carbonyl (C=O) groups excluding carboxylic acids is 1. The third-order valence-corrected chi connectivity index (χ3v) is 3.86. The van der Waals surface area contributed by atoms with Crippen molar-refractivity contribution in [1.29, 1.82) is 0 Å². The highest BCUT2D eigenvalue weighted by atomic mass is 16.1. The van der Waals surface area contributed by atoms with Crippen LogP contribution < -0.4 is 16.0 Å². The van der Waals surface area contributed by atoms with E-state index in [1.165, 1.54) is 0 Å². The zero-order valence-corrected chi connectivity index (χ0v) is 12.3. The van der Waals surface area contributed by atoms with Gasteiger partial charge in [-0.25, -0.2) is 4.98 Å². The van der Waals surface area contributed by atoms with Gasteiger partial charge in [0.15, 0.2) is 0 Å². The maximum Gasteiger partial charge on any atom is 0.216 e. The van der Waals surface area contributed by atoms with Crippen molar-refractivity contribution in [2.24, 2.45) is 11.7 Å². The van der Waals surface area contributed by atoms with Gasteiger partial charge >= 0.3 is 0 Å². The Hall–Kier alpha value is -1.62. The second kappa shape index (κ2) is 6.70. The minimum atomic E-state index is -0.00389. The van der Waals surface area contributed by atoms with Crippen molar-refractivity contribution in [3.63, 3.8) is 0 Å². The van der Waals surface area contributed by atoms with Crippen LogP contribution in [0.15, 0.2) is 18.3 Å². The van der Waals surface area contributed by atoms with E-state index in [0.717, 1.165) is 43.9 Å². The molecule has 110 valence electrons. The lowest BCUT2D eigenvalue weighted by atomic mass is 9.96. The fraction of sp³-hybridized carbons (Fsp3) is 0.600. The number of rotatable bonds is 4. The molecule has 1 aliphatic heterocycles. The normalized spacial score (nSPS) is 17.9. The fourth-order valence-corrected chi connectivity index (χ4v) is 2.67. The third-order valence-electron chi connectivity index (χ3n) is 3.86. The number of hydrogen-bond donors (Lipinski definition) is 2. The smallest absolute Gasteiger partial charge is 0.216 e. The number of piperidine rings is 1. The second-order valence-corrected chi connectivity index (χ2v) is 5.57. The maximum atomic E-state index is 10.9. The molecule has 1 aromatic rings. The Morgan fingerprint density at radius 2 is 2.25 bits per heavy atom. The van der Waals surface area contributed by atoms with E-state index in [9.17, 15) is 4.79 Å². The Morgan fingerprint density at radius 3 is 2.85 bits per heavy atom. The number of nitrogens with one attached hydrogen (secondary N) is 1. The Labute approximate surface area is 120 Å². The van der Waals surface area contributed by atoms with Crippen LogP contribution in [0.3, 0.4) is 0 Å². The van der Waals surface area contributed by atoms with Gasteiger partial charge < -0.3 is 16.0 Å². The van der Waals surface area contributed by atoms with Gasteiger partial charge in [-0.3, -0.25) is 4.79 Å². The van der Waals surface area contributed by atoms with Gasteiger partial charge in [0, 0.05) is 44.4 Å². The van der Waals surface area contributed by atoms with Crippen molar-refractivity contribution >= 4 is 11.7 Å². The predicted octanol–water partition coefficient (Wildman–Crippen LogP) is 1.45. The predicted molar refractivity (Wildman–Crippen MR) is 80.5 cm³/mol. The molecule has 0 aromatic carbocycles. The summed E-state index contributed by atoms with van der Waals surface area (Å²) in [5.74, 6) is 1.63. The maximum absolute atomic E-state index is 10.9. The molecule has 20 heavy (non-hydrogen) atoms. The summed E-state index contributed by atoms with van der Waals surface area (Å²) < 4.78 is 0. The summed E-state index contributed by atoms with van der Waals surface area (Å²) >= 11 is 0. The molecule has 5 heteroatoms. The molecule has 0 bridgehead atoms. The first-order chi connectivity index (χ1) is 9.58. The highest BCUT2D eigenvalue weighted by molar-refractivity contribution is 5.72. The number of hydrogen-bond acceptors (Lipinski definition) is 4. The molecule has 2 heterocycles. The number of anilines is 1. The first-order valence-corrected chi connectivity index (χ1v) is 7.27. The first-order valence-electron chi connectivity index (χ1n) is 7.27. The van der Waals surface area contributed by atoms with E-state index >= 15 is 0 Å². The van der Waals surface area contributed by atoms with Crippen LogP contribution in [0.1, 0.15) is 38.3 Å². The topological polar surface area (TPSA) is 71.2 Å². The van der Waals surface area contributed by atoms with Crippen LogP contribution in [0.25, 0.3) is 0 Å². The highest BCUT2D eigenvalue weighted by Gasteiger charge is 2.22. The molecule has 5 nitrogen and oxygen atoms in total. The molecule has 1 fully saturated rings. The molecule has 1 amide bonds. The van der Waals surface area contributed by atoms with Crippen LogP contribution >= 0.6 is 0 Å². The molecule has 0 saturated carbocycles. The van der Waals surface area contributed by atoms with Crippen LogP contribution in [0, 0.1) is 5.92 Å². The SMILES string of the molecule is CC(=O)NCC1CCN(c2ncccc2C(C)N)CC1. The van der Waals surface area contributed by atoms with Gasteiger partial charge in [-0.15, -0.1) is 0 Å². The lowest BCUT2D eigenvalue weighted by molar-refractivity contribution is -0.119. The first kappa shape index (κ1) is 14.8. The number of carbonyl (C=O) groups is 1. The number of aromatic nitrogens is 1. The Bertz CT molecular complexity index is 453. The Morgan fingerprint density at radius 1 is 1.55 bits per heavy atom. The van der Waals surface area contributed by atoms with Crippen LogP contribution in [0.4, 0.5) is 5.82 Å². The third kappa shape index (κ3) is 3.70. The summed E-state index contributed by atoms with van der Waals surface area (Å²) in [6.45, 7) is 6.29. The van der Waals surface area contributed by atoms with Crippen molar-refractivity contribution in [2.75, 3.05) is 24.5 Å². The van der Waals surface area contributed by atoms with Gasteiger partial charge in [-0.2, -0.15) is 0 Å². The molecule has 0 radical (unpaired) electrons. The average molecular weight is 276 g/mol. The minimum absolute atomic E-state index is 0.00389. The summed E-state index contributed by atoms with van der Waals surface area (Å²) in [6, 6.07) is 3.98. The zero-order chi connectivity index (χ0) is 14.5. The van der Waals surface area contributed by atoms with Gasteiger partial charge in [-0.1, -0.05) is 6.07 Å². The molecule has 1 saturated heterocycles. The van der Waals surface area contributed by atoms with E-state index in [4.69, 9.17) is 5.73 Å². The number of amides is 1. The van der Waals surface area contributed by atoms with Crippen molar-refractivity contribution in [3.05, 3.63) is 23.9 Å². The van der Waals surface area contributed by atoms with Crippen molar-refractivity contribution < 1.29 is 4.79 Å². The molecule has 2 rings (SSSR count). The van der Waals surface area contributed by atoms with Gasteiger partial charge in [0.05, 0.1) is 0 Å². The number of nitrogens with zero attached hydrogens (tertiary/aromatic N) is 2. The molecule has 0 aliphatic carbocycles. The van der Waals surface area contributed by atoms with E-state index in [0.29, 0.717) is 5.92 Å². The van der Waals surface area contributed by atoms with Crippen molar-refractivity contribution in [1.82, 2.24) is 10.3 Å². The Kier molecular flexibility index (Phi) is 4.95. The quantitative estimate of drug-likeness (QED) is 0.873. The van der Waals surface area contributed by atoms with E-state index < -0.39 is 0 Å². The highest BCUT2D eigenvalue weighted by Crippen LogP contribution is 2.26. The average Bonchev–Trinajstić information content (AvgIpc) is 2.45. The fourth-order valence-electron chi connectivity index (χ4n) is 2.67. The van der Waals surface area contributed by atoms with Crippen LogP contribution in [-0.2, 0) is 4.79 Å². The minimum Gasteiger partial charge on any atom is -0.356 e. The van der Waals surface area contributed by atoms with E-state index in [-0.39, 0.29) is 11.9 Å². The lowest BCUT2D eigenvalue weighted by Gasteiger charge is -2.34. The van der Waals surface area contributed by atoms with Crippen LogP contribution in [0.5, 0.6) is 0 Å². The second-order valence-electron chi connectivity index (χ2n) is 5.57. The van der Waals surface area contributed by atoms with E-state index in [1.54, 1.807) is 6.92 Å². The van der Waals surface area contributed by atoms with Crippen LogP contribution in [-0.4, -0.2) is 30.5 Å². The lowest BCUT2D eigenvalue weighted by Crippen LogP contribution is -2.39. The molecular weight excluding hydrogens is 252 g/mol. The summed E-state index contributed by atoms with van der Waals surface area (Å²) in [6.07, 6.45) is 3.98. The molecule has 1 atom stereocenters. The Balaban J connectivity index is 1.95. The number of nitrogens with two attached hydrogens (primary N) is 1. The summed E-state index contributed by atoms with van der Waals surface area (Å²) in [5.41, 5.74) is 7.12. The largest absolute Gasteiger partial charge is 0.356 e. The number of pyridine rings is 1. The molecule has 1 aromatic heterocycles. The summed E-state index contributed by atoms with van der Waals surface area (Å²) in [4.78, 5) is 17.8. The van der Waals surface area contributed by atoms with Gasteiger partial charge in [-0.05, 0) is 31.7 Å². The van der Waals surface area contributed by atoms with Gasteiger partial charge in [0.1, 0.15) is 5.82 Å². The molecule has 3 N–H and O–H groups in total. The summed E-state index contributed by atoms with van der Waals surface area (Å²) in [7, 11) is 0. The van der Waals surface area contributed by atoms with Gasteiger partial charge in [0.2, 0.25) is 5.91 Å². The van der Waals surface area contributed by atoms with E-state index in [1.807, 2.05) is 19.2 Å². The molecule has 1 aliphatic rings. The zero-order valence-electron chi connectivity index (χ0n) is 12.3. The molecular formula is C15H24N4O. The molecule has 1 unspecified atom stereocenters. The summed E-state index contributed by atoms with van der Waals surface area (Å²) in [5, 5.41) is 2.91. The van der Waals surface area contributed by atoms with Crippen molar-refractivity contribution in [3.8, 4) is 0 Å². The van der Waals surface area contributed by atoms with Crippen LogP contribution in [0.2, 0.25) is 0 Å². The van der Waals surface area contributed by atoms with Gasteiger partial charge in [0.25, 0.3) is 0 Å². The van der Waals surface area contributed by atoms with E-state index in [2.05, 4.69) is 21.3 Å².